The molecule has 4 aliphatic carbocycles. The number of hydrogen-bond acceptors (Lipinski definition) is 12. The van der Waals surface area contributed by atoms with Crippen LogP contribution in [0.4, 0.5) is 8.78 Å². The van der Waals surface area contributed by atoms with E-state index in [4.69, 9.17) is 14.2 Å². The fraction of sp³-hybridized carbons (Fsp3) is 0.392. The third kappa shape index (κ3) is 7.54. The Hall–Kier alpha value is -5.15. The van der Waals surface area contributed by atoms with Crippen molar-refractivity contribution >= 4 is 41.1 Å². The van der Waals surface area contributed by atoms with E-state index >= 15 is 0 Å². The number of methoxy groups -OCH3 is 2. The van der Waals surface area contributed by atoms with Gasteiger partial charge >= 0.3 is 5.97 Å². The molecule has 0 radical (unpaired) electrons. The number of fused-ring (bicyclic) bond motifs is 2. The Morgan fingerprint density at radius 2 is 1.14 bits per heavy atom. The molecule has 2 N–H and O–H groups in total. The maximum Gasteiger partial charge on any atom is 0.308 e. The normalized spacial score (nSPS) is 28.8. The molecule has 8 atom stereocenters. The van der Waals surface area contributed by atoms with Crippen LogP contribution >= 0.6 is 23.5 Å². The van der Waals surface area contributed by atoms with Gasteiger partial charge in [0.15, 0.2) is 34.6 Å². The number of carbonyl (C=O) groups is 3. The average molecular weight is 923 g/mol. The standard InChI is InChI=1S/C27H28FNO4S.C24H24FNO4S/c1-15-5-10-19-23(25(15)33-16(2)30)27-11-12-29(3)24(20(27)13-22(32-4)21(31)14-27)26(19)34-18-8-6-17(28)7-9-18;1-26-10-9-24-12-18(28)19(30-2)11-16(24)21(26)23(31-14-5-3-13(25)4-6-14)15-7-8-17(27)22(29)20(15)24/h5-10,13,20,24,26H,11-12,14H2,1-4H3;3-8,11,16,21,23,27,29H,9-10,12H2,1-2H3/t20-,24-,26-,27-;16-,21-,23-,24-/m11/s1. The van der Waals surface area contributed by atoms with E-state index in [0.29, 0.717) is 35.7 Å². The largest absolute Gasteiger partial charge is 0.504 e. The van der Waals surface area contributed by atoms with E-state index < -0.39 is 10.8 Å². The molecule has 14 heteroatoms. The number of phenols is 2. The lowest BCUT2D eigenvalue weighted by Crippen LogP contribution is -2.61. The highest BCUT2D eigenvalue weighted by atomic mass is 32.2. The molecule has 6 aliphatic rings. The molecule has 340 valence electrons. The second-order valence-corrected chi connectivity index (χ2v) is 20.6. The Balaban J connectivity index is 0.000000165. The summed E-state index contributed by atoms with van der Waals surface area (Å²) >= 11 is 3.29. The van der Waals surface area contributed by atoms with E-state index in [0.717, 1.165) is 51.6 Å². The van der Waals surface area contributed by atoms with Crippen LogP contribution in [0.1, 0.15) is 70.9 Å². The molecule has 0 aromatic heterocycles. The molecule has 10 rings (SSSR count). The molecule has 0 amide bonds. The van der Waals surface area contributed by atoms with E-state index in [2.05, 4.69) is 30.0 Å². The van der Waals surface area contributed by atoms with Gasteiger partial charge in [-0.25, -0.2) is 8.78 Å². The van der Waals surface area contributed by atoms with Gasteiger partial charge in [-0.05, 0) is 130 Å². The van der Waals surface area contributed by atoms with E-state index in [-0.39, 0.29) is 81.5 Å². The van der Waals surface area contributed by atoms with Crippen LogP contribution < -0.4 is 4.74 Å². The summed E-state index contributed by atoms with van der Waals surface area (Å²) in [5.41, 5.74) is 3.44. The molecule has 4 bridgehead atoms. The number of halogens is 2. The molecule has 2 heterocycles. The number of ether oxygens (including phenoxy) is 3. The van der Waals surface area contributed by atoms with E-state index in [1.54, 1.807) is 47.8 Å². The number of thioether (sulfide) groups is 2. The number of rotatable bonds is 7. The fourth-order valence-corrected chi connectivity index (χ4v) is 14.6. The number of ketones is 2. The maximum absolute atomic E-state index is 13.6. The van der Waals surface area contributed by atoms with Gasteiger partial charge < -0.3 is 34.2 Å². The van der Waals surface area contributed by atoms with Crippen LogP contribution in [0.15, 0.2) is 106 Å². The molecule has 2 fully saturated rings. The molecule has 10 nitrogen and oxygen atoms in total. The number of likely N-dealkylation sites (tertiary alicyclic amines) is 2. The van der Waals surface area contributed by atoms with Crippen LogP contribution in [0.5, 0.6) is 17.2 Å². The summed E-state index contributed by atoms with van der Waals surface area (Å²) in [6, 6.07) is 20.5. The predicted molar refractivity (Wildman–Crippen MR) is 244 cm³/mol. The molecule has 65 heavy (non-hydrogen) atoms. The van der Waals surface area contributed by atoms with Crippen LogP contribution in [0.25, 0.3) is 0 Å². The molecule has 4 aromatic carbocycles. The van der Waals surface area contributed by atoms with Crippen molar-refractivity contribution in [3.8, 4) is 17.2 Å². The van der Waals surface area contributed by atoms with E-state index in [9.17, 15) is 33.4 Å². The summed E-state index contributed by atoms with van der Waals surface area (Å²) in [7, 11) is 7.24. The number of phenolic OH excluding ortho intramolecular Hbond substituents is 2. The van der Waals surface area contributed by atoms with Crippen molar-refractivity contribution in [3.05, 3.63) is 136 Å². The number of likely N-dealkylation sites (N-methyl/N-ethyl adjacent to an activating group) is 2. The summed E-state index contributed by atoms with van der Waals surface area (Å²) in [5, 5.41) is 21.2. The van der Waals surface area contributed by atoms with Gasteiger partial charge in [-0.15, -0.1) is 23.5 Å². The zero-order chi connectivity index (χ0) is 46.1. The zero-order valence-electron chi connectivity index (χ0n) is 37.1. The minimum Gasteiger partial charge on any atom is -0.504 e. The molecule has 2 saturated heterocycles. The van der Waals surface area contributed by atoms with Gasteiger partial charge in [0.05, 0.1) is 24.7 Å². The summed E-state index contributed by atoms with van der Waals surface area (Å²) in [5.74, 6) is -0.100. The topological polar surface area (TPSA) is 126 Å². The first-order valence-corrected chi connectivity index (χ1v) is 23.6. The first-order chi connectivity index (χ1) is 31.1. The van der Waals surface area contributed by atoms with Crippen molar-refractivity contribution < 1.29 is 47.6 Å². The van der Waals surface area contributed by atoms with Gasteiger partial charge in [-0.2, -0.15) is 0 Å². The minimum absolute atomic E-state index is 0.000423. The van der Waals surface area contributed by atoms with Crippen molar-refractivity contribution in [2.45, 2.75) is 82.7 Å². The van der Waals surface area contributed by atoms with Gasteiger partial charge in [-0.1, -0.05) is 18.2 Å². The van der Waals surface area contributed by atoms with Crippen LogP contribution in [-0.2, 0) is 34.7 Å². The van der Waals surface area contributed by atoms with Crippen LogP contribution in [0, 0.1) is 30.4 Å². The molecular formula is C51H52F2N2O8S2. The van der Waals surface area contributed by atoms with Crippen LogP contribution in [-0.4, -0.2) is 91.0 Å². The Bertz CT molecular complexity index is 2640. The van der Waals surface area contributed by atoms with Crippen molar-refractivity contribution in [2.75, 3.05) is 41.4 Å². The van der Waals surface area contributed by atoms with Gasteiger partial charge in [0.1, 0.15) is 17.4 Å². The lowest BCUT2D eigenvalue weighted by Gasteiger charge is -2.59. The maximum atomic E-state index is 13.6. The van der Waals surface area contributed by atoms with E-state index in [1.165, 1.54) is 51.5 Å². The Kier molecular flexibility index (Phi) is 11.9. The Morgan fingerprint density at radius 3 is 1.60 bits per heavy atom. The number of esters is 1. The summed E-state index contributed by atoms with van der Waals surface area (Å²) in [6.07, 6.45) is 5.94. The Labute approximate surface area is 386 Å². The molecule has 2 aliphatic heterocycles. The number of benzene rings is 4. The second-order valence-electron chi connectivity index (χ2n) is 18.1. The number of allylic oxidation sites excluding steroid dienone is 2. The van der Waals surface area contributed by atoms with Gasteiger partial charge in [0, 0.05) is 75.4 Å². The lowest BCUT2D eigenvalue weighted by atomic mass is 9.53. The molecule has 0 unspecified atom stereocenters. The molecular weight excluding hydrogens is 871 g/mol. The molecule has 4 aromatic rings. The second kappa shape index (κ2) is 17.3. The minimum atomic E-state index is -0.589. The summed E-state index contributed by atoms with van der Waals surface area (Å²) < 4.78 is 43.8. The quantitative estimate of drug-likeness (QED) is 0.104. The van der Waals surface area contributed by atoms with Crippen molar-refractivity contribution in [1.29, 1.82) is 0 Å². The molecule has 0 saturated carbocycles. The smallest absolute Gasteiger partial charge is 0.308 e. The third-order valence-corrected chi connectivity index (χ3v) is 17.3. The van der Waals surface area contributed by atoms with Crippen LogP contribution in [0.3, 0.4) is 0 Å². The number of Topliss-reactive ketones (excluding diaryl/α,β-unsaturated/α-hetero) is 2. The highest BCUT2D eigenvalue weighted by Gasteiger charge is 2.61. The van der Waals surface area contributed by atoms with Crippen molar-refractivity contribution in [2.24, 2.45) is 11.8 Å². The number of hydrogen-bond donors (Lipinski definition) is 2. The van der Waals surface area contributed by atoms with Crippen LogP contribution in [0.2, 0.25) is 0 Å². The van der Waals surface area contributed by atoms with E-state index in [1.807, 2.05) is 31.2 Å². The zero-order valence-corrected chi connectivity index (χ0v) is 38.7. The summed E-state index contributed by atoms with van der Waals surface area (Å²) in [4.78, 5) is 44.7. The SMILES string of the molecule is COC1=C[C@@H]2[C@@H]3[C@H](Sc4ccc(F)cc4)c4ccc(C)c(OC(C)=O)c4[C@]2(CCN3C)CC1=O.COC1=C[C@@H]2[C@@H]3[C@H](Sc4ccc(F)cc4)c4ccc(O)c(O)c4[C@]2(CCN3C)CC1=O. The highest BCUT2D eigenvalue weighted by Crippen LogP contribution is 2.65. The fourth-order valence-electron chi connectivity index (χ4n) is 11.8. The highest BCUT2D eigenvalue weighted by molar-refractivity contribution is 7.99. The number of aromatic hydroxyl groups is 2. The molecule has 0 spiro atoms. The van der Waals surface area contributed by atoms with Gasteiger partial charge in [0.2, 0.25) is 0 Å². The van der Waals surface area contributed by atoms with Crippen molar-refractivity contribution in [3.63, 3.8) is 0 Å². The number of carbonyl (C=O) groups excluding carboxylic acids is 3. The third-order valence-electron chi connectivity index (χ3n) is 14.7. The number of aryl methyl sites for hydroxylation is 1. The number of nitrogens with zero attached hydrogens (tertiary/aromatic N) is 2. The first kappa shape index (κ1) is 45.0. The summed E-state index contributed by atoms with van der Waals surface area (Å²) in [6.45, 7) is 4.93. The monoisotopic (exact) mass is 922 g/mol. The first-order valence-electron chi connectivity index (χ1n) is 21.8. The predicted octanol–water partition coefficient (Wildman–Crippen LogP) is 9.11. The van der Waals surface area contributed by atoms with Gasteiger partial charge in [0.25, 0.3) is 0 Å². The van der Waals surface area contributed by atoms with Crippen molar-refractivity contribution in [1.82, 2.24) is 9.80 Å². The average Bonchev–Trinajstić information content (AvgIpc) is 3.27. The van der Waals surface area contributed by atoms with Gasteiger partial charge in [-0.3, -0.25) is 14.4 Å². The number of piperidine rings is 2. The Morgan fingerprint density at radius 1 is 0.692 bits per heavy atom. The lowest BCUT2D eigenvalue weighted by molar-refractivity contribution is -0.132.